The van der Waals surface area contributed by atoms with E-state index in [9.17, 15) is 40.5 Å². The van der Waals surface area contributed by atoms with Crippen LogP contribution in [0.25, 0.3) is 0 Å². The number of rotatable bonds is 8. The van der Waals surface area contributed by atoms with Crippen LogP contribution in [0.15, 0.2) is 18.2 Å². The van der Waals surface area contributed by atoms with Crippen LogP contribution in [0.1, 0.15) is 10.4 Å². The Morgan fingerprint density at radius 3 is 1.94 bits per heavy atom. The highest BCUT2D eigenvalue weighted by atomic mass is 16.8. The summed E-state index contributed by atoms with van der Waals surface area (Å²) >= 11 is 0. The van der Waals surface area contributed by atoms with E-state index in [2.05, 4.69) is 0 Å². The van der Waals surface area contributed by atoms with Gasteiger partial charge in [-0.15, -0.1) is 0 Å². The molecule has 0 amide bonds. The molecule has 14 nitrogen and oxygen atoms in total. The van der Waals surface area contributed by atoms with Crippen molar-refractivity contribution in [2.24, 2.45) is 0 Å². The van der Waals surface area contributed by atoms with Crippen LogP contribution in [0.4, 0.5) is 0 Å². The molecule has 0 spiro atoms. The number of methoxy groups -OCH3 is 2. The Kier molecular flexibility index (Phi) is 9.22. The zero-order valence-corrected chi connectivity index (χ0v) is 18.9. The SMILES string of the molecule is COc1cccc(C(=O)OC[C@H]2O[C@H](O[C@H]3O[C@H](CO)[C@@H](O)[C@H](O)[C@H]3O)[C@H](O)[C@@H](O)[C@@H]2O)c1OC. The van der Waals surface area contributed by atoms with E-state index in [1.54, 1.807) is 6.07 Å². The maximum absolute atomic E-state index is 12.6. The molecule has 10 atom stereocenters. The molecule has 0 saturated carbocycles. The fraction of sp³-hybridized carbons (Fsp3) is 0.667. The molecule has 0 aliphatic carbocycles. The van der Waals surface area contributed by atoms with Crippen LogP contribution >= 0.6 is 0 Å². The fourth-order valence-electron chi connectivity index (χ4n) is 3.76. The Bertz CT molecular complexity index is 849. The largest absolute Gasteiger partial charge is 0.493 e. The summed E-state index contributed by atoms with van der Waals surface area (Å²) in [7, 11) is 2.73. The van der Waals surface area contributed by atoms with E-state index in [-0.39, 0.29) is 17.1 Å². The molecule has 35 heavy (non-hydrogen) atoms. The van der Waals surface area contributed by atoms with Crippen LogP contribution in [-0.4, -0.2) is 131 Å². The number of hydrogen-bond acceptors (Lipinski definition) is 14. The number of aliphatic hydroxyl groups is 7. The number of esters is 1. The van der Waals surface area contributed by atoms with Crippen molar-refractivity contribution in [2.45, 2.75) is 61.4 Å². The van der Waals surface area contributed by atoms with Crippen molar-refractivity contribution in [2.75, 3.05) is 27.4 Å². The predicted molar refractivity (Wildman–Crippen MR) is 111 cm³/mol. The summed E-state index contributed by atoms with van der Waals surface area (Å²) in [5.74, 6) is -0.463. The number of aliphatic hydroxyl groups excluding tert-OH is 7. The first-order chi connectivity index (χ1) is 16.6. The Hall–Kier alpha value is -2.11. The van der Waals surface area contributed by atoms with E-state index in [1.807, 2.05) is 0 Å². The first-order valence-electron chi connectivity index (χ1n) is 10.7. The number of para-hydroxylation sites is 1. The summed E-state index contributed by atoms with van der Waals surface area (Å²) in [4.78, 5) is 12.6. The molecular formula is C21H30O14. The molecule has 7 N–H and O–H groups in total. The summed E-state index contributed by atoms with van der Waals surface area (Å²) in [6, 6.07) is 4.53. The molecule has 3 rings (SSSR count). The van der Waals surface area contributed by atoms with Crippen molar-refractivity contribution in [3.8, 4) is 11.5 Å². The van der Waals surface area contributed by atoms with Gasteiger partial charge in [-0.05, 0) is 12.1 Å². The molecule has 0 bridgehead atoms. The lowest BCUT2D eigenvalue weighted by molar-refractivity contribution is -0.376. The molecule has 14 heteroatoms. The first kappa shape index (κ1) is 27.5. The highest BCUT2D eigenvalue weighted by Gasteiger charge is 2.50. The fourth-order valence-corrected chi connectivity index (χ4v) is 3.76. The highest BCUT2D eigenvalue weighted by molar-refractivity contribution is 5.93. The third-order valence-electron chi connectivity index (χ3n) is 5.79. The lowest BCUT2D eigenvalue weighted by Crippen LogP contribution is -2.63. The van der Waals surface area contributed by atoms with E-state index < -0.39 is 80.6 Å². The molecule has 2 saturated heterocycles. The summed E-state index contributed by atoms with van der Waals surface area (Å²) in [6.45, 7) is -1.30. The van der Waals surface area contributed by atoms with Crippen molar-refractivity contribution in [1.82, 2.24) is 0 Å². The zero-order chi connectivity index (χ0) is 25.9. The molecule has 0 radical (unpaired) electrons. The van der Waals surface area contributed by atoms with Gasteiger partial charge in [-0.3, -0.25) is 0 Å². The third kappa shape index (κ3) is 5.67. The minimum atomic E-state index is -1.83. The average molecular weight is 506 g/mol. The Labute approximate surface area is 199 Å². The maximum Gasteiger partial charge on any atom is 0.342 e. The monoisotopic (exact) mass is 506 g/mol. The van der Waals surface area contributed by atoms with E-state index in [0.717, 1.165) is 0 Å². The Balaban J connectivity index is 1.69. The molecule has 2 fully saturated rings. The predicted octanol–water partition coefficient (Wildman–Crippen LogP) is -3.52. The van der Waals surface area contributed by atoms with E-state index in [4.69, 9.17) is 28.4 Å². The van der Waals surface area contributed by atoms with Crippen LogP contribution < -0.4 is 9.47 Å². The van der Waals surface area contributed by atoms with Crippen molar-refractivity contribution < 1.29 is 69.0 Å². The van der Waals surface area contributed by atoms with Gasteiger partial charge >= 0.3 is 5.97 Å². The van der Waals surface area contributed by atoms with Gasteiger partial charge < -0.3 is 64.2 Å². The number of carbonyl (C=O) groups excluding carboxylic acids is 1. The maximum atomic E-state index is 12.6. The van der Waals surface area contributed by atoms with Crippen LogP contribution in [0.5, 0.6) is 11.5 Å². The second-order valence-electron chi connectivity index (χ2n) is 7.99. The second kappa shape index (κ2) is 11.7. The Morgan fingerprint density at radius 1 is 0.829 bits per heavy atom. The second-order valence-corrected chi connectivity index (χ2v) is 7.99. The molecule has 2 heterocycles. The quantitative estimate of drug-likeness (QED) is 0.170. The van der Waals surface area contributed by atoms with Gasteiger partial charge in [0.2, 0.25) is 0 Å². The Morgan fingerprint density at radius 2 is 1.40 bits per heavy atom. The molecule has 0 aromatic heterocycles. The van der Waals surface area contributed by atoms with Gasteiger partial charge in [-0.1, -0.05) is 6.07 Å². The van der Waals surface area contributed by atoms with Gasteiger partial charge in [0.05, 0.1) is 20.8 Å². The third-order valence-corrected chi connectivity index (χ3v) is 5.79. The lowest BCUT2D eigenvalue weighted by Gasteiger charge is -2.44. The standard InChI is InChI=1S/C21H30O14/c1-30-9-5-3-4-8(18(9)31-2)19(29)32-7-11-13(24)15(26)17(28)21(34-11)35-20-16(27)14(25)12(23)10(6-22)33-20/h3-5,10-17,20-28H,6-7H2,1-2H3/t10-,11-,12-,13-,14+,15+,16-,17-,20-,21-/m1/s1. The summed E-state index contributed by atoms with van der Waals surface area (Å²) < 4.78 is 31.5. The molecule has 1 aromatic rings. The van der Waals surface area contributed by atoms with Crippen molar-refractivity contribution in [1.29, 1.82) is 0 Å². The van der Waals surface area contributed by atoms with Crippen molar-refractivity contribution in [3.63, 3.8) is 0 Å². The summed E-state index contributed by atoms with van der Waals surface area (Å²) in [5, 5.41) is 70.0. The van der Waals surface area contributed by atoms with Crippen LogP contribution in [0, 0.1) is 0 Å². The van der Waals surface area contributed by atoms with Crippen LogP contribution in [0.2, 0.25) is 0 Å². The molecule has 1 aromatic carbocycles. The lowest BCUT2D eigenvalue weighted by atomic mass is 9.98. The summed E-state index contributed by atoms with van der Waals surface area (Å²) in [6.07, 6.45) is -16.6. The molecule has 198 valence electrons. The normalized spacial score (nSPS) is 37.5. The minimum absolute atomic E-state index is 0.0202. The zero-order valence-electron chi connectivity index (χ0n) is 18.9. The van der Waals surface area contributed by atoms with Crippen LogP contribution in [0.3, 0.4) is 0 Å². The van der Waals surface area contributed by atoms with Crippen LogP contribution in [-0.2, 0) is 18.9 Å². The van der Waals surface area contributed by atoms with Gasteiger partial charge in [-0.25, -0.2) is 4.79 Å². The van der Waals surface area contributed by atoms with E-state index >= 15 is 0 Å². The van der Waals surface area contributed by atoms with Crippen molar-refractivity contribution >= 4 is 5.97 Å². The van der Waals surface area contributed by atoms with Gasteiger partial charge in [0.15, 0.2) is 24.1 Å². The molecule has 2 aliphatic rings. The smallest absolute Gasteiger partial charge is 0.342 e. The van der Waals surface area contributed by atoms with Gasteiger partial charge in [0.25, 0.3) is 0 Å². The number of hydrogen-bond donors (Lipinski definition) is 7. The number of carbonyl (C=O) groups is 1. The number of ether oxygens (including phenoxy) is 6. The highest BCUT2D eigenvalue weighted by Crippen LogP contribution is 2.32. The van der Waals surface area contributed by atoms with E-state index in [0.29, 0.717) is 0 Å². The van der Waals surface area contributed by atoms with Crippen molar-refractivity contribution in [3.05, 3.63) is 23.8 Å². The number of benzene rings is 1. The molecule has 2 aliphatic heterocycles. The molecule has 0 unspecified atom stereocenters. The minimum Gasteiger partial charge on any atom is -0.493 e. The average Bonchev–Trinajstić information content (AvgIpc) is 2.87. The van der Waals surface area contributed by atoms with E-state index in [1.165, 1.54) is 26.4 Å². The van der Waals surface area contributed by atoms with Gasteiger partial charge in [-0.2, -0.15) is 0 Å². The topological polar surface area (TPSA) is 214 Å². The molecular weight excluding hydrogens is 476 g/mol. The summed E-state index contributed by atoms with van der Waals surface area (Å²) in [5.41, 5.74) is 0.0202. The first-order valence-corrected chi connectivity index (χ1v) is 10.7. The van der Waals surface area contributed by atoms with Gasteiger partial charge in [0.1, 0.15) is 61.0 Å². The van der Waals surface area contributed by atoms with Gasteiger partial charge in [0, 0.05) is 0 Å².